The van der Waals surface area contributed by atoms with Gasteiger partial charge in [0.25, 0.3) is 11.5 Å². The van der Waals surface area contributed by atoms with E-state index in [9.17, 15) is 19.5 Å². The van der Waals surface area contributed by atoms with Gasteiger partial charge in [-0.25, -0.2) is 4.79 Å². The molecule has 3 aromatic rings. The first-order chi connectivity index (χ1) is 13.0. The van der Waals surface area contributed by atoms with Gasteiger partial charge in [-0.1, -0.05) is 54.6 Å². The van der Waals surface area contributed by atoms with Crippen molar-refractivity contribution in [2.75, 3.05) is 0 Å². The van der Waals surface area contributed by atoms with Crippen LogP contribution in [-0.4, -0.2) is 21.0 Å². The zero-order valence-corrected chi connectivity index (χ0v) is 14.2. The van der Waals surface area contributed by atoms with Gasteiger partial charge in [0.15, 0.2) is 5.69 Å². The highest BCUT2D eigenvalue weighted by atomic mass is 16.3. The van der Waals surface area contributed by atoms with Crippen LogP contribution in [0.3, 0.4) is 0 Å². The number of hydrogen-bond donors (Lipinski definition) is 4. The molecule has 7 heteroatoms. The van der Waals surface area contributed by atoms with E-state index in [0.29, 0.717) is 6.42 Å². The molecule has 136 valence electrons. The first-order valence-electron chi connectivity index (χ1n) is 8.55. The molecule has 27 heavy (non-hydrogen) atoms. The molecule has 0 unspecified atom stereocenters. The van der Waals surface area contributed by atoms with Crippen molar-refractivity contribution in [2.45, 2.75) is 18.4 Å². The Hall–Kier alpha value is -3.61. The van der Waals surface area contributed by atoms with Gasteiger partial charge in [-0.15, -0.1) is 0 Å². The summed E-state index contributed by atoms with van der Waals surface area (Å²) in [5, 5.41) is 12.6. The molecule has 1 heterocycles. The lowest BCUT2D eigenvalue weighted by Crippen LogP contribution is -2.33. The van der Waals surface area contributed by atoms with E-state index in [1.54, 1.807) is 0 Å². The lowest BCUT2D eigenvalue weighted by atomic mass is 9.93. The van der Waals surface area contributed by atoms with Crippen LogP contribution in [0.25, 0.3) is 0 Å². The van der Waals surface area contributed by atoms with Gasteiger partial charge >= 0.3 is 5.69 Å². The number of benzene rings is 2. The number of aromatic amines is 2. The highest BCUT2D eigenvalue weighted by Gasteiger charge is 2.33. The molecule has 1 amide bonds. The maximum Gasteiger partial charge on any atom is 0.326 e. The fraction of sp³-hybridized carbons (Fsp3) is 0.150. The highest BCUT2D eigenvalue weighted by molar-refractivity contribution is 5.94. The van der Waals surface area contributed by atoms with Crippen molar-refractivity contribution in [1.82, 2.24) is 15.3 Å². The molecule has 0 fully saturated rings. The number of fused-ring (bicyclic) bond motifs is 1. The molecule has 4 N–H and O–H groups in total. The van der Waals surface area contributed by atoms with Crippen molar-refractivity contribution in [3.63, 3.8) is 0 Å². The molecule has 7 nitrogen and oxygen atoms in total. The topological polar surface area (TPSA) is 115 Å². The second kappa shape index (κ2) is 6.60. The number of carbonyl (C=O) groups is 1. The van der Waals surface area contributed by atoms with Crippen LogP contribution in [0.1, 0.15) is 45.6 Å². The number of carbonyl (C=O) groups excluding carboxylic acids is 1. The van der Waals surface area contributed by atoms with E-state index in [4.69, 9.17) is 0 Å². The normalized spacial score (nSPS) is 18.1. The maximum atomic E-state index is 12.6. The van der Waals surface area contributed by atoms with E-state index in [1.807, 2.05) is 59.6 Å². The van der Waals surface area contributed by atoms with Gasteiger partial charge in [0.2, 0.25) is 5.75 Å². The summed E-state index contributed by atoms with van der Waals surface area (Å²) in [5.41, 5.74) is 0.956. The molecule has 1 aromatic heterocycles. The van der Waals surface area contributed by atoms with Crippen LogP contribution in [0, 0.1) is 0 Å². The van der Waals surface area contributed by atoms with Crippen LogP contribution in [0.4, 0.5) is 0 Å². The largest absolute Gasteiger partial charge is 0.501 e. The summed E-state index contributed by atoms with van der Waals surface area (Å²) >= 11 is 0. The molecule has 0 radical (unpaired) electrons. The van der Waals surface area contributed by atoms with E-state index >= 15 is 0 Å². The average molecular weight is 363 g/mol. The Balaban J connectivity index is 1.67. The number of aromatic nitrogens is 2. The van der Waals surface area contributed by atoms with Gasteiger partial charge in [0.05, 0.1) is 6.04 Å². The monoisotopic (exact) mass is 363 g/mol. The second-order valence-electron chi connectivity index (χ2n) is 6.49. The second-order valence-corrected chi connectivity index (χ2v) is 6.49. The van der Waals surface area contributed by atoms with Crippen LogP contribution in [0.2, 0.25) is 0 Å². The van der Waals surface area contributed by atoms with Gasteiger partial charge in [-0.3, -0.25) is 19.6 Å². The number of hydrogen-bond acceptors (Lipinski definition) is 4. The average Bonchev–Trinajstić information content (AvgIpc) is 3.04. The summed E-state index contributed by atoms with van der Waals surface area (Å²) in [4.78, 5) is 39.6. The summed E-state index contributed by atoms with van der Waals surface area (Å²) in [6.07, 6.45) is 0.642. The molecule has 2 atom stereocenters. The molecule has 1 aliphatic carbocycles. The predicted octanol–water partition coefficient (Wildman–Crippen LogP) is 1.78. The van der Waals surface area contributed by atoms with Crippen LogP contribution in [0.15, 0.2) is 64.2 Å². The Kier molecular flexibility index (Phi) is 4.12. The number of rotatable bonds is 3. The van der Waals surface area contributed by atoms with Crippen LogP contribution in [-0.2, 0) is 0 Å². The minimum Gasteiger partial charge on any atom is -0.501 e. The predicted molar refractivity (Wildman–Crippen MR) is 98.9 cm³/mol. The molecule has 0 aliphatic heterocycles. The maximum absolute atomic E-state index is 12.6. The molecular formula is C20H17N3O4. The SMILES string of the molecule is O=C(N[C@H]1C[C@@H](c2ccccc2)c2ccccc21)c1[nH]c(=O)[nH]c(=O)c1O. The number of nitrogens with one attached hydrogen (secondary N) is 3. The lowest BCUT2D eigenvalue weighted by Gasteiger charge is -2.15. The van der Waals surface area contributed by atoms with Gasteiger partial charge in [0.1, 0.15) is 0 Å². The van der Waals surface area contributed by atoms with Crippen LogP contribution < -0.4 is 16.6 Å². The zero-order valence-electron chi connectivity index (χ0n) is 14.2. The highest BCUT2D eigenvalue weighted by Crippen LogP contribution is 2.43. The molecule has 1 aliphatic rings. The molecule has 0 bridgehead atoms. The standard InChI is InChI=1S/C20H17N3O4/c24-17-16(22-20(27)23-19(17)26)18(25)21-15-10-14(11-6-2-1-3-7-11)12-8-4-5-9-13(12)15/h1-9,14-15,24H,10H2,(H,21,25)(H2,22,23,26,27)/t14-,15-/m0/s1. The van der Waals surface area contributed by atoms with Crippen molar-refractivity contribution >= 4 is 5.91 Å². The Bertz CT molecular complexity index is 1120. The molecule has 0 saturated heterocycles. The van der Waals surface area contributed by atoms with E-state index < -0.39 is 28.6 Å². The zero-order chi connectivity index (χ0) is 19.0. The van der Waals surface area contributed by atoms with E-state index in [2.05, 4.69) is 10.3 Å². The van der Waals surface area contributed by atoms with Crippen molar-refractivity contribution < 1.29 is 9.90 Å². The smallest absolute Gasteiger partial charge is 0.326 e. The summed E-state index contributed by atoms with van der Waals surface area (Å²) in [6.45, 7) is 0. The van der Waals surface area contributed by atoms with E-state index in [1.165, 1.54) is 0 Å². The summed E-state index contributed by atoms with van der Waals surface area (Å²) in [6, 6.07) is 17.5. The van der Waals surface area contributed by atoms with Gasteiger partial charge in [-0.2, -0.15) is 0 Å². The summed E-state index contributed by atoms with van der Waals surface area (Å²) < 4.78 is 0. The molecule has 0 spiro atoms. The van der Waals surface area contributed by atoms with Crippen molar-refractivity contribution in [3.05, 3.63) is 97.8 Å². The minimum absolute atomic E-state index is 0.125. The number of aromatic hydroxyl groups is 1. The lowest BCUT2D eigenvalue weighted by molar-refractivity contribution is 0.0927. The number of H-pyrrole nitrogens is 2. The molecule has 4 rings (SSSR count). The van der Waals surface area contributed by atoms with Crippen LogP contribution in [0.5, 0.6) is 5.75 Å². The van der Waals surface area contributed by atoms with Crippen molar-refractivity contribution in [1.29, 1.82) is 0 Å². The summed E-state index contributed by atoms with van der Waals surface area (Å²) in [7, 11) is 0. The third-order valence-corrected chi connectivity index (χ3v) is 4.87. The third-order valence-electron chi connectivity index (χ3n) is 4.87. The Morgan fingerprint density at radius 2 is 1.63 bits per heavy atom. The first kappa shape index (κ1) is 16.8. The Labute approximate surface area is 153 Å². The minimum atomic E-state index is -1.00. The Morgan fingerprint density at radius 3 is 2.37 bits per heavy atom. The molecule has 2 aromatic carbocycles. The fourth-order valence-corrected chi connectivity index (χ4v) is 3.65. The van der Waals surface area contributed by atoms with Crippen molar-refractivity contribution in [3.8, 4) is 5.75 Å². The molecule has 0 saturated carbocycles. The molecular weight excluding hydrogens is 346 g/mol. The Morgan fingerprint density at radius 1 is 0.963 bits per heavy atom. The number of amides is 1. The van der Waals surface area contributed by atoms with Gasteiger partial charge in [-0.05, 0) is 23.1 Å². The van der Waals surface area contributed by atoms with Crippen LogP contribution >= 0.6 is 0 Å². The summed E-state index contributed by atoms with van der Waals surface area (Å²) in [5.74, 6) is -1.39. The third kappa shape index (κ3) is 3.03. The first-order valence-corrected chi connectivity index (χ1v) is 8.55. The van der Waals surface area contributed by atoms with E-state index in [-0.39, 0.29) is 12.0 Å². The van der Waals surface area contributed by atoms with Crippen molar-refractivity contribution in [2.24, 2.45) is 0 Å². The van der Waals surface area contributed by atoms with Gasteiger partial charge < -0.3 is 10.4 Å². The van der Waals surface area contributed by atoms with Gasteiger partial charge in [0, 0.05) is 5.92 Å². The van der Waals surface area contributed by atoms with E-state index in [0.717, 1.165) is 16.7 Å². The fourth-order valence-electron chi connectivity index (χ4n) is 3.65. The quantitative estimate of drug-likeness (QED) is 0.568.